The Kier molecular flexibility index (Phi) is 5.12. The van der Waals surface area contributed by atoms with Crippen LogP contribution in [-0.2, 0) is 14.8 Å². The molecular weight excluding hydrogens is 422 g/mol. The first-order valence-corrected chi connectivity index (χ1v) is 11.8. The summed E-state index contributed by atoms with van der Waals surface area (Å²) in [6, 6.07) is 24.0. The molecule has 0 saturated heterocycles. The number of nitrogens with zero attached hydrogens (tertiary/aromatic N) is 1. The zero-order valence-corrected chi connectivity index (χ0v) is 18.5. The van der Waals surface area contributed by atoms with Gasteiger partial charge in [-0.2, -0.15) is 0 Å². The van der Waals surface area contributed by atoms with E-state index in [0.29, 0.717) is 22.6 Å². The summed E-state index contributed by atoms with van der Waals surface area (Å²) in [5, 5.41) is 0.720. The second-order valence-electron chi connectivity index (χ2n) is 7.99. The highest BCUT2D eigenvalue weighted by Crippen LogP contribution is 2.44. The van der Waals surface area contributed by atoms with E-state index in [9.17, 15) is 8.42 Å². The molecule has 0 spiro atoms. The molecule has 5 rings (SSSR count). The van der Waals surface area contributed by atoms with Crippen molar-refractivity contribution in [1.29, 1.82) is 0 Å². The molecule has 0 bridgehead atoms. The summed E-state index contributed by atoms with van der Waals surface area (Å²) in [6.07, 6.45) is -0.564. The molecular formula is C26H23NO4S. The summed E-state index contributed by atoms with van der Waals surface area (Å²) in [4.78, 5) is 0.227. The van der Waals surface area contributed by atoms with Crippen molar-refractivity contribution in [2.75, 3.05) is 17.5 Å². The smallest absolute Gasteiger partial charge is 0.264 e. The summed E-state index contributed by atoms with van der Waals surface area (Å²) in [6.45, 7) is 6.34. The fraction of sp³-hybridized carbons (Fsp3) is 0.154. The van der Waals surface area contributed by atoms with E-state index in [1.54, 1.807) is 24.3 Å². The lowest BCUT2D eigenvalue weighted by Crippen LogP contribution is -2.35. The van der Waals surface area contributed by atoms with Crippen LogP contribution in [0.1, 0.15) is 23.0 Å². The van der Waals surface area contributed by atoms with Crippen molar-refractivity contribution in [3.05, 3.63) is 108 Å². The third kappa shape index (κ3) is 3.51. The van der Waals surface area contributed by atoms with Gasteiger partial charge in [0.25, 0.3) is 10.0 Å². The molecule has 1 aliphatic rings. The molecule has 2 heterocycles. The summed E-state index contributed by atoms with van der Waals surface area (Å²) in [5.74, 6) is 0.473. The Morgan fingerprint density at radius 3 is 2.38 bits per heavy atom. The second-order valence-corrected chi connectivity index (χ2v) is 9.85. The number of hydrogen-bond donors (Lipinski definition) is 0. The Hall–Kier alpha value is -3.35. The predicted octanol–water partition coefficient (Wildman–Crippen LogP) is 5.61. The van der Waals surface area contributed by atoms with Crippen LogP contribution in [0, 0.1) is 6.92 Å². The van der Waals surface area contributed by atoms with E-state index < -0.39 is 16.1 Å². The summed E-state index contributed by atoms with van der Waals surface area (Å²) in [5.41, 5.74) is 3.65. The number of para-hydroxylation sites is 1. The van der Waals surface area contributed by atoms with Gasteiger partial charge in [0.2, 0.25) is 0 Å². The Labute approximate surface area is 187 Å². The molecule has 0 fully saturated rings. The van der Waals surface area contributed by atoms with E-state index in [1.807, 2.05) is 61.5 Å². The van der Waals surface area contributed by atoms with Crippen molar-refractivity contribution in [2.24, 2.45) is 0 Å². The van der Waals surface area contributed by atoms with Crippen molar-refractivity contribution >= 4 is 26.7 Å². The number of rotatable bonds is 3. The molecule has 1 aromatic heterocycles. The molecule has 1 aliphatic heterocycles. The average Bonchev–Trinajstić information content (AvgIpc) is 3.15. The molecule has 1 atom stereocenters. The normalized spacial score (nSPS) is 17.1. The lowest BCUT2D eigenvalue weighted by atomic mass is 10.0. The first kappa shape index (κ1) is 20.5. The first-order valence-electron chi connectivity index (χ1n) is 10.4. The quantitative estimate of drug-likeness (QED) is 0.385. The van der Waals surface area contributed by atoms with Gasteiger partial charge in [0.1, 0.15) is 17.4 Å². The van der Waals surface area contributed by atoms with Crippen LogP contribution in [0.15, 0.2) is 100 Å². The number of ether oxygens (including phenoxy) is 1. The van der Waals surface area contributed by atoms with E-state index in [0.717, 1.165) is 16.5 Å². The zero-order chi connectivity index (χ0) is 22.3. The van der Waals surface area contributed by atoms with Crippen LogP contribution < -0.4 is 4.31 Å². The van der Waals surface area contributed by atoms with Gasteiger partial charge in [-0.25, -0.2) is 8.42 Å². The van der Waals surface area contributed by atoms with Gasteiger partial charge in [-0.15, -0.1) is 0 Å². The number of anilines is 1. The Balaban J connectivity index is 1.77. The van der Waals surface area contributed by atoms with Crippen LogP contribution in [0.5, 0.6) is 0 Å². The van der Waals surface area contributed by atoms with E-state index in [4.69, 9.17) is 9.15 Å². The van der Waals surface area contributed by atoms with E-state index in [2.05, 4.69) is 6.58 Å². The maximum atomic E-state index is 13.9. The number of benzene rings is 3. The minimum absolute atomic E-state index is 0.105. The van der Waals surface area contributed by atoms with Gasteiger partial charge in [0.05, 0.1) is 18.0 Å². The molecule has 0 radical (unpaired) electrons. The van der Waals surface area contributed by atoms with Crippen LogP contribution in [0.3, 0.4) is 0 Å². The van der Waals surface area contributed by atoms with Gasteiger partial charge >= 0.3 is 0 Å². The monoisotopic (exact) mass is 445 g/mol. The van der Waals surface area contributed by atoms with Crippen molar-refractivity contribution in [3.8, 4) is 0 Å². The molecule has 0 saturated carbocycles. The van der Waals surface area contributed by atoms with Crippen molar-refractivity contribution in [3.63, 3.8) is 0 Å². The summed E-state index contributed by atoms with van der Waals surface area (Å²) >= 11 is 0. The number of aryl methyl sites for hydroxylation is 1. The number of hydrogen-bond acceptors (Lipinski definition) is 4. The minimum atomic E-state index is -3.87. The molecule has 6 heteroatoms. The molecule has 162 valence electrons. The maximum absolute atomic E-state index is 13.9. The highest BCUT2D eigenvalue weighted by Gasteiger charge is 2.36. The SMILES string of the molecule is C=C1COC(c2ccccc2)c2oc3ccccc3c2N(S(=O)(=O)c2ccc(C)cc2)C1. The van der Waals surface area contributed by atoms with E-state index in [-0.39, 0.29) is 18.0 Å². The van der Waals surface area contributed by atoms with Gasteiger partial charge < -0.3 is 9.15 Å². The molecule has 0 N–H and O–H groups in total. The average molecular weight is 446 g/mol. The maximum Gasteiger partial charge on any atom is 0.264 e. The van der Waals surface area contributed by atoms with Gasteiger partial charge in [-0.1, -0.05) is 66.7 Å². The fourth-order valence-corrected chi connectivity index (χ4v) is 5.52. The summed E-state index contributed by atoms with van der Waals surface area (Å²) in [7, 11) is -3.87. The van der Waals surface area contributed by atoms with E-state index in [1.165, 1.54) is 4.31 Å². The standard InChI is InChI=1S/C26H23NO4S/c1-18-12-14-21(15-13-18)32(28,29)27-16-19(2)17-30-25(20-8-4-3-5-9-20)26-24(27)22-10-6-7-11-23(22)31-26/h3-15,25H,2,16-17H2,1H3. The number of furan rings is 1. The van der Waals surface area contributed by atoms with Crippen molar-refractivity contribution in [2.45, 2.75) is 17.9 Å². The lowest BCUT2D eigenvalue weighted by molar-refractivity contribution is 0.0821. The largest absolute Gasteiger partial charge is 0.456 e. The lowest BCUT2D eigenvalue weighted by Gasteiger charge is -2.30. The highest BCUT2D eigenvalue weighted by molar-refractivity contribution is 7.92. The van der Waals surface area contributed by atoms with Gasteiger partial charge in [-0.05, 0) is 42.3 Å². The van der Waals surface area contributed by atoms with Gasteiger partial charge in [-0.3, -0.25) is 4.31 Å². The van der Waals surface area contributed by atoms with E-state index >= 15 is 0 Å². The van der Waals surface area contributed by atoms with Gasteiger partial charge in [0.15, 0.2) is 5.76 Å². The topological polar surface area (TPSA) is 59.8 Å². The Morgan fingerprint density at radius 2 is 1.62 bits per heavy atom. The van der Waals surface area contributed by atoms with Crippen LogP contribution in [0.4, 0.5) is 5.69 Å². The van der Waals surface area contributed by atoms with Crippen molar-refractivity contribution in [1.82, 2.24) is 0 Å². The molecule has 0 aliphatic carbocycles. The number of fused-ring (bicyclic) bond motifs is 3. The first-order chi connectivity index (χ1) is 15.4. The van der Waals surface area contributed by atoms with Gasteiger partial charge in [0, 0.05) is 5.39 Å². The predicted molar refractivity (Wildman–Crippen MR) is 125 cm³/mol. The number of sulfonamides is 1. The Bertz CT molecular complexity index is 1390. The fourth-order valence-electron chi connectivity index (χ4n) is 4.01. The molecule has 0 amide bonds. The van der Waals surface area contributed by atoms with Crippen LogP contribution in [-0.4, -0.2) is 21.6 Å². The molecule has 1 unspecified atom stereocenters. The van der Waals surface area contributed by atoms with Crippen LogP contribution in [0.25, 0.3) is 11.0 Å². The molecule has 4 aromatic rings. The molecule has 5 nitrogen and oxygen atoms in total. The summed E-state index contributed by atoms with van der Waals surface area (Å²) < 4.78 is 41.6. The van der Waals surface area contributed by atoms with Crippen LogP contribution >= 0.6 is 0 Å². The van der Waals surface area contributed by atoms with Crippen molar-refractivity contribution < 1.29 is 17.6 Å². The van der Waals surface area contributed by atoms with Crippen LogP contribution in [0.2, 0.25) is 0 Å². The highest BCUT2D eigenvalue weighted by atomic mass is 32.2. The third-order valence-corrected chi connectivity index (χ3v) is 7.38. The zero-order valence-electron chi connectivity index (χ0n) is 17.7. The second kappa shape index (κ2) is 7.97. The minimum Gasteiger partial charge on any atom is -0.456 e. The molecule has 32 heavy (non-hydrogen) atoms. The Morgan fingerprint density at radius 1 is 0.938 bits per heavy atom. The third-order valence-electron chi connectivity index (χ3n) is 5.62. The molecule has 3 aromatic carbocycles.